The zero-order chi connectivity index (χ0) is 17.2. The first-order chi connectivity index (χ1) is 10.7. The van der Waals surface area contributed by atoms with Crippen LogP contribution in [0.2, 0.25) is 0 Å². The average Bonchev–Trinajstić information content (AvgIpc) is 2.90. The first-order valence-electron chi connectivity index (χ1n) is 6.48. The average molecular weight is 337 g/mol. The Bertz CT molecular complexity index is 870. The fourth-order valence-electron chi connectivity index (χ4n) is 1.92. The SMILES string of the molecule is Cc1ccc(C(=O)NNC(=O)c2ccoc2C)cc1S(N)(=O)=O. The van der Waals surface area contributed by atoms with Crippen molar-refractivity contribution < 1.29 is 22.4 Å². The highest BCUT2D eigenvalue weighted by atomic mass is 32.2. The van der Waals surface area contributed by atoms with Crippen LogP contribution in [0.25, 0.3) is 0 Å². The van der Waals surface area contributed by atoms with Crippen molar-refractivity contribution in [2.24, 2.45) is 5.14 Å². The van der Waals surface area contributed by atoms with E-state index in [1.807, 2.05) is 0 Å². The maximum atomic E-state index is 12.0. The summed E-state index contributed by atoms with van der Waals surface area (Å²) < 4.78 is 27.9. The van der Waals surface area contributed by atoms with Crippen molar-refractivity contribution in [2.45, 2.75) is 18.7 Å². The van der Waals surface area contributed by atoms with Gasteiger partial charge in [-0.05, 0) is 37.6 Å². The number of sulfonamides is 1. The van der Waals surface area contributed by atoms with Gasteiger partial charge in [-0.1, -0.05) is 6.07 Å². The molecule has 0 saturated carbocycles. The Balaban J connectivity index is 2.13. The summed E-state index contributed by atoms with van der Waals surface area (Å²) in [7, 11) is -3.94. The maximum absolute atomic E-state index is 12.0. The highest BCUT2D eigenvalue weighted by molar-refractivity contribution is 7.89. The van der Waals surface area contributed by atoms with Crippen molar-refractivity contribution in [3.8, 4) is 0 Å². The van der Waals surface area contributed by atoms with Gasteiger partial charge in [-0.2, -0.15) is 0 Å². The molecule has 2 amide bonds. The molecule has 9 heteroatoms. The van der Waals surface area contributed by atoms with E-state index in [-0.39, 0.29) is 16.0 Å². The molecule has 0 aliphatic rings. The van der Waals surface area contributed by atoms with E-state index in [0.29, 0.717) is 11.3 Å². The Hall–Kier alpha value is -2.65. The molecule has 1 aromatic carbocycles. The van der Waals surface area contributed by atoms with Crippen molar-refractivity contribution >= 4 is 21.8 Å². The number of hydrogen-bond donors (Lipinski definition) is 3. The second kappa shape index (κ2) is 6.23. The molecule has 0 atom stereocenters. The van der Waals surface area contributed by atoms with Gasteiger partial charge >= 0.3 is 0 Å². The minimum absolute atomic E-state index is 0.0452. The molecule has 0 aliphatic carbocycles. The van der Waals surface area contributed by atoms with Gasteiger partial charge in [0.25, 0.3) is 11.8 Å². The van der Waals surface area contributed by atoms with E-state index in [9.17, 15) is 18.0 Å². The third kappa shape index (κ3) is 3.76. The number of nitrogens with two attached hydrogens (primary N) is 1. The van der Waals surface area contributed by atoms with Crippen LogP contribution in [0.3, 0.4) is 0 Å². The molecule has 0 radical (unpaired) electrons. The van der Waals surface area contributed by atoms with Gasteiger partial charge in [0.15, 0.2) is 0 Å². The molecule has 1 aromatic heterocycles. The number of amides is 2. The topological polar surface area (TPSA) is 132 Å². The summed E-state index contributed by atoms with van der Waals surface area (Å²) in [4.78, 5) is 23.7. The summed E-state index contributed by atoms with van der Waals surface area (Å²) in [5, 5.41) is 5.09. The largest absolute Gasteiger partial charge is 0.469 e. The molecule has 2 rings (SSSR count). The lowest BCUT2D eigenvalue weighted by Gasteiger charge is -2.09. The van der Waals surface area contributed by atoms with Crippen LogP contribution in [-0.2, 0) is 10.0 Å². The van der Waals surface area contributed by atoms with Crippen LogP contribution in [-0.4, -0.2) is 20.2 Å². The van der Waals surface area contributed by atoms with Gasteiger partial charge in [0.2, 0.25) is 10.0 Å². The van der Waals surface area contributed by atoms with Crippen molar-refractivity contribution in [1.29, 1.82) is 0 Å². The third-order valence-corrected chi connectivity index (χ3v) is 4.20. The molecule has 122 valence electrons. The standard InChI is InChI=1S/C14H15N3O5S/c1-8-3-4-10(7-12(8)23(15,20)21)13(18)16-17-14(19)11-5-6-22-9(11)2/h3-7H,1-2H3,(H,16,18)(H,17,19)(H2,15,20,21). The van der Waals surface area contributed by atoms with E-state index in [0.717, 1.165) is 6.07 Å². The molecule has 8 nitrogen and oxygen atoms in total. The third-order valence-electron chi connectivity index (χ3n) is 3.15. The van der Waals surface area contributed by atoms with Gasteiger partial charge in [-0.15, -0.1) is 0 Å². The number of aryl methyl sites for hydroxylation is 2. The van der Waals surface area contributed by atoms with E-state index < -0.39 is 21.8 Å². The molecule has 0 aliphatic heterocycles. The number of nitrogens with one attached hydrogen (secondary N) is 2. The molecule has 0 fully saturated rings. The summed E-state index contributed by atoms with van der Waals surface area (Å²) in [6.07, 6.45) is 1.35. The van der Waals surface area contributed by atoms with Crippen molar-refractivity contribution in [2.75, 3.05) is 0 Å². The fraction of sp³-hybridized carbons (Fsp3) is 0.143. The Morgan fingerprint density at radius 2 is 1.74 bits per heavy atom. The number of hydrogen-bond acceptors (Lipinski definition) is 5. The van der Waals surface area contributed by atoms with Crippen molar-refractivity contribution in [3.63, 3.8) is 0 Å². The van der Waals surface area contributed by atoms with Crippen LogP contribution in [0, 0.1) is 13.8 Å². The fourth-order valence-corrected chi connectivity index (χ4v) is 2.73. The van der Waals surface area contributed by atoms with E-state index in [4.69, 9.17) is 9.56 Å². The van der Waals surface area contributed by atoms with E-state index >= 15 is 0 Å². The Morgan fingerprint density at radius 1 is 1.09 bits per heavy atom. The lowest BCUT2D eigenvalue weighted by molar-refractivity contribution is 0.0845. The van der Waals surface area contributed by atoms with Crippen LogP contribution in [0.4, 0.5) is 0 Å². The smallest absolute Gasteiger partial charge is 0.273 e. The molecular weight excluding hydrogens is 322 g/mol. The van der Waals surface area contributed by atoms with Crippen LogP contribution in [0.1, 0.15) is 32.0 Å². The second-order valence-electron chi connectivity index (χ2n) is 4.82. The Kier molecular flexibility index (Phi) is 4.52. The number of furan rings is 1. The summed E-state index contributed by atoms with van der Waals surface area (Å²) in [5.41, 5.74) is 5.16. The Morgan fingerprint density at radius 3 is 2.30 bits per heavy atom. The van der Waals surface area contributed by atoms with Crippen LogP contribution in [0.15, 0.2) is 39.8 Å². The normalized spacial score (nSPS) is 11.1. The van der Waals surface area contributed by atoms with Gasteiger partial charge in [0, 0.05) is 5.56 Å². The molecular formula is C14H15N3O5S. The number of hydrazine groups is 1. The Labute approximate surface area is 132 Å². The molecule has 23 heavy (non-hydrogen) atoms. The van der Waals surface area contributed by atoms with E-state index in [2.05, 4.69) is 10.9 Å². The number of primary sulfonamides is 1. The van der Waals surface area contributed by atoms with Crippen LogP contribution < -0.4 is 16.0 Å². The lowest BCUT2D eigenvalue weighted by atomic mass is 10.1. The zero-order valence-electron chi connectivity index (χ0n) is 12.4. The molecule has 4 N–H and O–H groups in total. The van der Waals surface area contributed by atoms with Gasteiger partial charge in [-0.3, -0.25) is 20.4 Å². The lowest BCUT2D eigenvalue weighted by Crippen LogP contribution is -2.41. The summed E-state index contributed by atoms with van der Waals surface area (Å²) in [6, 6.07) is 5.49. The van der Waals surface area contributed by atoms with Crippen LogP contribution >= 0.6 is 0 Å². The van der Waals surface area contributed by atoms with Gasteiger partial charge in [-0.25, -0.2) is 13.6 Å². The predicted molar refractivity (Wildman–Crippen MR) is 80.9 cm³/mol. The molecule has 0 unspecified atom stereocenters. The number of carbonyl (C=O) groups excluding carboxylic acids is 2. The van der Waals surface area contributed by atoms with Crippen LogP contribution in [0.5, 0.6) is 0 Å². The first kappa shape index (κ1) is 16.7. The molecule has 0 spiro atoms. The highest BCUT2D eigenvalue weighted by Gasteiger charge is 2.16. The monoisotopic (exact) mass is 337 g/mol. The van der Waals surface area contributed by atoms with E-state index in [1.165, 1.54) is 24.5 Å². The quantitative estimate of drug-likeness (QED) is 0.706. The minimum atomic E-state index is -3.94. The van der Waals surface area contributed by atoms with Gasteiger partial charge in [0.05, 0.1) is 16.7 Å². The summed E-state index contributed by atoms with van der Waals surface area (Å²) in [5.74, 6) is -0.823. The highest BCUT2D eigenvalue weighted by Crippen LogP contribution is 2.15. The van der Waals surface area contributed by atoms with E-state index in [1.54, 1.807) is 13.8 Å². The maximum Gasteiger partial charge on any atom is 0.273 e. The number of benzene rings is 1. The predicted octanol–water partition coefficient (Wildman–Crippen LogP) is 0.619. The van der Waals surface area contributed by atoms with Crippen molar-refractivity contribution in [3.05, 3.63) is 53.0 Å². The summed E-state index contributed by atoms with van der Waals surface area (Å²) >= 11 is 0. The first-order valence-corrected chi connectivity index (χ1v) is 8.03. The minimum Gasteiger partial charge on any atom is -0.469 e. The second-order valence-corrected chi connectivity index (χ2v) is 6.35. The number of rotatable bonds is 3. The van der Waals surface area contributed by atoms with Crippen molar-refractivity contribution in [1.82, 2.24) is 10.9 Å². The molecule has 1 heterocycles. The molecule has 2 aromatic rings. The molecule has 0 saturated heterocycles. The molecule has 0 bridgehead atoms. The zero-order valence-corrected chi connectivity index (χ0v) is 13.2. The van der Waals surface area contributed by atoms with Gasteiger partial charge < -0.3 is 4.42 Å². The summed E-state index contributed by atoms with van der Waals surface area (Å²) in [6.45, 7) is 3.17. The van der Waals surface area contributed by atoms with Gasteiger partial charge in [0.1, 0.15) is 5.76 Å². The number of carbonyl (C=O) groups is 2.